The first-order valence-corrected chi connectivity index (χ1v) is 7.07. The summed E-state index contributed by atoms with van der Waals surface area (Å²) in [6.07, 6.45) is 0. The highest BCUT2D eigenvalue weighted by Gasteiger charge is 2.18. The Morgan fingerprint density at radius 2 is 1.65 bits per heavy atom. The number of hydrogen-bond acceptors (Lipinski definition) is 5. The highest BCUT2D eigenvalue weighted by Crippen LogP contribution is 2.10. The maximum atomic E-state index is 5.01. The molecule has 0 spiro atoms. The standard InChI is InChI=1S/C15H20N4O/c1-13-16-15(17-20-13)12-19-9-7-18(8-10-19)11-14-5-3-2-4-6-14/h2-6H,7-12H2,1H3. The van der Waals surface area contributed by atoms with Crippen molar-refractivity contribution >= 4 is 0 Å². The minimum Gasteiger partial charge on any atom is -0.340 e. The van der Waals surface area contributed by atoms with E-state index >= 15 is 0 Å². The highest BCUT2D eigenvalue weighted by molar-refractivity contribution is 5.14. The lowest BCUT2D eigenvalue weighted by molar-refractivity contribution is 0.119. The van der Waals surface area contributed by atoms with Crippen LogP contribution in [0.15, 0.2) is 34.9 Å². The van der Waals surface area contributed by atoms with Gasteiger partial charge in [0.15, 0.2) is 5.82 Å². The summed E-state index contributed by atoms with van der Waals surface area (Å²) in [7, 11) is 0. The molecule has 0 saturated carbocycles. The molecular formula is C15H20N4O. The van der Waals surface area contributed by atoms with E-state index < -0.39 is 0 Å². The summed E-state index contributed by atoms with van der Waals surface area (Å²) in [6.45, 7) is 7.94. The van der Waals surface area contributed by atoms with Crippen molar-refractivity contribution < 1.29 is 4.52 Å². The van der Waals surface area contributed by atoms with E-state index in [9.17, 15) is 0 Å². The third kappa shape index (κ3) is 3.43. The van der Waals surface area contributed by atoms with Gasteiger partial charge in [0, 0.05) is 39.6 Å². The van der Waals surface area contributed by atoms with Crippen molar-refractivity contribution in [2.45, 2.75) is 20.0 Å². The van der Waals surface area contributed by atoms with Gasteiger partial charge in [0.05, 0.1) is 6.54 Å². The summed E-state index contributed by atoms with van der Waals surface area (Å²) >= 11 is 0. The van der Waals surface area contributed by atoms with E-state index in [1.807, 2.05) is 6.92 Å². The number of nitrogens with zero attached hydrogens (tertiary/aromatic N) is 4. The van der Waals surface area contributed by atoms with Crippen LogP contribution in [0.5, 0.6) is 0 Å². The zero-order chi connectivity index (χ0) is 13.8. The molecule has 0 atom stereocenters. The molecule has 1 saturated heterocycles. The van der Waals surface area contributed by atoms with Crippen LogP contribution in [0.3, 0.4) is 0 Å². The largest absolute Gasteiger partial charge is 0.340 e. The lowest BCUT2D eigenvalue weighted by Gasteiger charge is -2.34. The lowest BCUT2D eigenvalue weighted by Crippen LogP contribution is -2.45. The SMILES string of the molecule is Cc1nc(CN2CCN(Cc3ccccc3)CC2)no1. The highest BCUT2D eigenvalue weighted by atomic mass is 16.5. The summed E-state index contributed by atoms with van der Waals surface area (Å²) in [5.74, 6) is 1.43. The van der Waals surface area contributed by atoms with Crippen LogP contribution in [-0.4, -0.2) is 46.1 Å². The quantitative estimate of drug-likeness (QED) is 0.847. The lowest BCUT2D eigenvalue weighted by atomic mass is 10.2. The number of benzene rings is 1. The Kier molecular flexibility index (Phi) is 4.08. The Morgan fingerprint density at radius 3 is 2.25 bits per heavy atom. The van der Waals surface area contributed by atoms with Crippen molar-refractivity contribution in [1.29, 1.82) is 0 Å². The zero-order valence-electron chi connectivity index (χ0n) is 11.8. The molecular weight excluding hydrogens is 252 g/mol. The fourth-order valence-electron chi connectivity index (χ4n) is 2.55. The number of hydrogen-bond donors (Lipinski definition) is 0. The number of aryl methyl sites for hydroxylation is 1. The fourth-order valence-corrected chi connectivity index (χ4v) is 2.55. The Labute approximate surface area is 119 Å². The van der Waals surface area contributed by atoms with Gasteiger partial charge in [-0.25, -0.2) is 0 Å². The first-order chi connectivity index (χ1) is 9.79. The summed E-state index contributed by atoms with van der Waals surface area (Å²) in [6, 6.07) is 10.6. The predicted octanol–water partition coefficient (Wildman–Crippen LogP) is 1.70. The van der Waals surface area contributed by atoms with Gasteiger partial charge in [-0.1, -0.05) is 35.5 Å². The molecule has 5 heteroatoms. The van der Waals surface area contributed by atoms with E-state index in [0.717, 1.165) is 45.1 Å². The van der Waals surface area contributed by atoms with E-state index in [1.54, 1.807) is 0 Å². The maximum absolute atomic E-state index is 5.01. The first-order valence-electron chi connectivity index (χ1n) is 7.07. The van der Waals surface area contributed by atoms with Crippen LogP contribution in [0.25, 0.3) is 0 Å². The second-order valence-electron chi connectivity index (χ2n) is 5.27. The fraction of sp³-hybridized carbons (Fsp3) is 0.467. The zero-order valence-corrected chi connectivity index (χ0v) is 11.8. The molecule has 0 bridgehead atoms. The summed E-state index contributed by atoms with van der Waals surface area (Å²) in [5, 5.41) is 3.96. The molecule has 2 aromatic rings. The molecule has 1 aliphatic heterocycles. The number of piperazine rings is 1. The molecule has 1 aromatic carbocycles. The molecule has 0 unspecified atom stereocenters. The van der Waals surface area contributed by atoms with Gasteiger partial charge < -0.3 is 4.52 Å². The second kappa shape index (κ2) is 6.15. The minimum absolute atomic E-state index is 0.641. The second-order valence-corrected chi connectivity index (χ2v) is 5.27. The Hall–Kier alpha value is -1.72. The van der Waals surface area contributed by atoms with E-state index in [1.165, 1.54) is 5.56 Å². The van der Waals surface area contributed by atoms with E-state index in [2.05, 4.69) is 50.3 Å². The molecule has 3 rings (SSSR count). The van der Waals surface area contributed by atoms with Crippen molar-refractivity contribution in [2.24, 2.45) is 0 Å². The van der Waals surface area contributed by atoms with Gasteiger partial charge in [-0.3, -0.25) is 9.80 Å². The Morgan fingerprint density at radius 1 is 1.00 bits per heavy atom. The van der Waals surface area contributed by atoms with Crippen LogP contribution in [0.4, 0.5) is 0 Å². The monoisotopic (exact) mass is 272 g/mol. The van der Waals surface area contributed by atoms with Crippen LogP contribution < -0.4 is 0 Å². The van der Waals surface area contributed by atoms with Crippen LogP contribution in [0, 0.1) is 6.92 Å². The molecule has 0 amide bonds. The molecule has 1 aliphatic rings. The van der Waals surface area contributed by atoms with E-state index in [4.69, 9.17) is 4.52 Å². The van der Waals surface area contributed by atoms with Gasteiger partial charge in [-0.2, -0.15) is 4.98 Å². The predicted molar refractivity (Wildman–Crippen MR) is 76.0 cm³/mol. The maximum Gasteiger partial charge on any atom is 0.223 e. The van der Waals surface area contributed by atoms with Gasteiger partial charge in [-0.05, 0) is 5.56 Å². The van der Waals surface area contributed by atoms with Crippen molar-refractivity contribution in [1.82, 2.24) is 19.9 Å². The van der Waals surface area contributed by atoms with Gasteiger partial charge in [0.1, 0.15) is 0 Å². The third-order valence-corrected chi connectivity index (χ3v) is 3.65. The van der Waals surface area contributed by atoms with Gasteiger partial charge in [0.25, 0.3) is 0 Å². The minimum atomic E-state index is 0.641. The number of rotatable bonds is 4. The molecule has 2 heterocycles. The van der Waals surface area contributed by atoms with E-state index in [0.29, 0.717) is 5.89 Å². The summed E-state index contributed by atoms with van der Waals surface area (Å²) in [4.78, 5) is 9.13. The molecule has 5 nitrogen and oxygen atoms in total. The molecule has 0 aliphatic carbocycles. The Balaban J connectivity index is 1.47. The van der Waals surface area contributed by atoms with Crippen LogP contribution >= 0.6 is 0 Å². The molecule has 1 fully saturated rings. The van der Waals surface area contributed by atoms with Crippen LogP contribution in [0.1, 0.15) is 17.3 Å². The van der Waals surface area contributed by atoms with Crippen molar-refractivity contribution in [3.63, 3.8) is 0 Å². The smallest absolute Gasteiger partial charge is 0.223 e. The van der Waals surface area contributed by atoms with Gasteiger partial charge >= 0.3 is 0 Å². The van der Waals surface area contributed by atoms with Gasteiger partial charge in [-0.15, -0.1) is 0 Å². The molecule has 0 radical (unpaired) electrons. The summed E-state index contributed by atoms with van der Waals surface area (Å²) < 4.78 is 5.01. The Bertz CT molecular complexity index is 532. The van der Waals surface area contributed by atoms with E-state index in [-0.39, 0.29) is 0 Å². The topological polar surface area (TPSA) is 45.4 Å². The molecule has 1 aromatic heterocycles. The van der Waals surface area contributed by atoms with Crippen molar-refractivity contribution in [2.75, 3.05) is 26.2 Å². The average molecular weight is 272 g/mol. The molecule has 0 N–H and O–H groups in total. The number of aromatic nitrogens is 2. The van der Waals surface area contributed by atoms with Gasteiger partial charge in [0.2, 0.25) is 5.89 Å². The first kappa shape index (κ1) is 13.3. The van der Waals surface area contributed by atoms with Crippen molar-refractivity contribution in [3.8, 4) is 0 Å². The average Bonchev–Trinajstić information content (AvgIpc) is 2.88. The van der Waals surface area contributed by atoms with Crippen molar-refractivity contribution in [3.05, 3.63) is 47.6 Å². The molecule has 20 heavy (non-hydrogen) atoms. The summed E-state index contributed by atoms with van der Waals surface area (Å²) in [5.41, 5.74) is 1.38. The van der Waals surface area contributed by atoms with Crippen LogP contribution in [-0.2, 0) is 13.1 Å². The third-order valence-electron chi connectivity index (χ3n) is 3.65. The normalized spacial score (nSPS) is 17.4. The van der Waals surface area contributed by atoms with Crippen LogP contribution in [0.2, 0.25) is 0 Å². The molecule has 106 valence electrons.